The van der Waals surface area contributed by atoms with Crippen LogP contribution in [0.25, 0.3) is 0 Å². The molecule has 4 N–H and O–H groups in total. The lowest BCUT2D eigenvalue weighted by Gasteiger charge is -1.95. The van der Waals surface area contributed by atoms with Gasteiger partial charge in [0.05, 0.1) is 0 Å². The summed E-state index contributed by atoms with van der Waals surface area (Å²) < 4.78 is 0. The van der Waals surface area contributed by atoms with E-state index < -0.39 is 0 Å². The van der Waals surface area contributed by atoms with E-state index >= 15 is 0 Å². The molecule has 0 saturated carbocycles. The highest BCUT2D eigenvalue weighted by Crippen LogP contribution is 2.16. The minimum absolute atomic E-state index is 0.0737. The monoisotopic (exact) mass is 164 g/mol. The number of nitrogens with two attached hydrogens (primary N) is 1. The molecule has 4 nitrogen and oxygen atoms in total. The van der Waals surface area contributed by atoms with E-state index in [1.54, 1.807) is 0 Å². The molecule has 0 saturated heterocycles. The molecular formula is C8H8N2O2. The molecule has 0 atom stereocenters. The van der Waals surface area contributed by atoms with Crippen molar-refractivity contribution in [1.82, 2.24) is 4.98 Å². The Balaban J connectivity index is 2.97. The molecule has 0 bridgehead atoms. The second-order valence-electron chi connectivity index (χ2n) is 2.09. The van der Waals surface area contributed by atoms with Crippen LogP contribution < -0.4 is 5.73 Å². The molecule has 1 aromatic rings. The van der Waals surface area contributed by atoms with Gasteiger partial charge in [0.25, 0.3) is 0 Å². The molecule has 0 aliphatic heterocycles. The number of hydrogen-bond donors (Lipinski definition) is 3. The first-order valence-electron chi connectivity index (χ1n) is 3.28. The second kappa shape index (κ2) is 3.60. The van der Waals surface area contributed by atoms with E-state index in [0.717, 1.165) is 0 Å². The molecule has 0 aromatic carbocycles. The Morgan fingerprint density at radius 3 is 2.92 bits per heavy atom. The standard InChI is InChI=1S/C8H8N2O2/c9-8-7(12)4-6(5-10-8)2-1-3-11/h4-5,11-12H,3H2,(H2,9,10). The van der Waals surface area contributed by atoms with Crippen molar-refractivity contribution in [2.45, 2.75) is 0 Å². The number of nitrogens with zero attached hydrogens (tertiary/aromatic N) is 1. The van der Waals surface area contributed by atoms with Gasteiger partial charge in [-0.3, -0.25) is 0 Å². The molecule has 0 spiro atoms. The molecule has 0 unspecified atom stereocenters. The molecule has 0 radical (unpaired) electrons. The lowest BCUT2D eigenvalue weighted by molar-refractivity contribution is 0.350. The van der Waals surface area contributed by atoms with Gasteiger partial charge in [-0.1, -0.05) is 11.8 Å². The number of pyridine rings is 1. The number of hydrogen-bond acceptors (Lipinski definition) is 4. The van der Waals surface area contributed by atoms with Crippen molar-refractivity contribution in [3.63, 3.8) is 0 Å². The topological polar surface area (TPSA) is 79.4 Å². The first-order valence-corrected chi connectivity index (χ1v) is 3.28. The van der Waals surface area contributed by atoms with Crippen molar-refractivity contribution in [3.05, 3.63) is 17.8 Å². The van der Waals surface area contributed by atoms with Gasteiger partial charge in [-0.15, -0.1) is 0 Å². The summed E-state index contributed by atoms with van der Waals surface area (Å²) in [4.78, 5) is 3.68. The van der Waals surface area contributed by atoms with Gasteiger partial charge >= 0.3 is 0 Å². The Labute approximate surface area is 69.7 Å². The molecule has 0 aliphatic carbocycles. The Morgan fingerprint density at radius 1 is 1.58 bits per heavy atom. The van der Waals surface area contributed by atoms with Gasteiger partial charge in [0.2, 0.25) is 0 Å². The van der Waals surface area contributed by atoms with Crippen LogP contribution in [0.4, 0.5) is 5.82 Å². The molecule has 0 amide bonds. The maximum absolute atomic E-state index is 9.08. The Morgan fingerprint density at radius 2 is 2.33 bits per heavy atom. The predicted octanol–water partition coefficient (Wildman–Crippen LogP) is -0.287. The number of aliphatic hydroxyl groups is 1. The molecule has 12 heavy (non-hydrogen) atoms. The lowest BCUT2D eigenvalue weighted by Crippen LogP contribution is -1.90. The number of anilines is 1. The van der Waals surface area contributed by atoms with E-state index in [-0.39, 0.29) is 18.2 Å². The molecule has 4 heteroatoms. The zero-order valence-corrected chi connectivity index (χ0v) is 6.28. The molecule has 0 aliphatic rings. The van der Waals surface area contributed by atoms with Crippen LogP contribution in [0.1, 0.15) is 5.56 Å². The minimum Gasteiger partial charge on any atom is -0.504 e. The van der Waals surface area contributed by atoms with Crippen LogP contribution in [-0.4, -0.2) is 21.8 Å². The van der Waals surface area contributed by atoms with Crippen molar-refractivity contribution in [2.75, 3.05) is 12.3 Å². The number of nitrogen functional groups attached to an aromatic ring is 1. The fourth-order valence-corrected chi connectivity index (χ4v) is 0.674. The van der Waals surface area contributed by atoms with Gasteiger partial charge in [-0.25, -0.2) is 4.98 Å². The Kier molecular flexibility index (Phi) is 2.51. The number of aromatic nitrogens is 1. The van der Waals surface area contributed by atoms with Gasteiger partial charge in [-0.2, -0.15) is 0 Å². The van der Waals surface area contributed by atoms with E-state index in [1.807, 2.05) is 0 Å². The molecule has 1 heterocycles. The average Bonchev–Trinajstić information content (AvgIpc) is 2.07. The van der Waals surface area contributed by atoms with Crippen LogP contribution in [0.5, 0.6) is 5.75 Å². The summed E-state index contributed by atoms with van der Waals surface area (Å²) in [6, 6.07) is 1.39. The van der Waals surface area contributed by atoms with Crippen LogP contribution in [0.15, 0.2) is 12.3 Å². The minimum atomic E-state index is -0.217. The lowest BCUT2D eigenvalue weighted by atomic mass is 10.3. The zero-order valence-electron chi connectivity index (χ0n) is 6.28. The average molecular weight is 164 g/mol. The Hall–Kier alpha value is -1.73. The van der Waals surface area contributed by atoms with Crippen molar-refractivity contribution >= 4 is 5.82 Å². The van der Waals surface area contributed by atoms with Gasteiger partial charge in [0.15, 0.2) is 11.6 Å². The maximum atomic E-state index is 9.08. The summed E-state index contributed by atoms with van der Waals surface area (Å²) in [5, 5.41) is 17.5. The number of rotatable bonds is 0. The van der Waals surface area contributed by atoms with Gasteiger partial charge in [0, 0.05) is 17.8 Å². The summed E-state index contributed by atoms with van der Waals surface area (Å²) >= 11 is 0. The van der Waals surface area contributed by atoms with Crippen molar-refractivity contribution in [2.24, 2.45) is 0 Å². The van der Waals surface area contributed by atoms with E-state index in [0.29, 0.717) is 5.56 Å². The van der Waals surface area contributed by atoms with E-state index in [2.05, 4.69) is 16.8 Å². The molecule has 1 aromatic heterocycles. The van der Waals surface area contributed by atoms with Crippen molar-refractivity contribution in [3.8, 4) is 17.6 Å². The van der Waals surface area contributed by atoms with Crippen LogP contribution in [0, 0.1) is 11.8 Å². The van der Waals surface area contributed by atoms with Crippen LogP contribution in [-0.2, 0) is 0 Å². The summed E-state index contributed by atoms with van der Waals surface area (Å²) in [7, 11) is 0. The van der Waals surface area contributed by atoms with Crippen molar-refractivity contribution in [1.29, 1.82) is 0 Å². The number of aromatic hydroxyl groups is 1. The third-order valence-electron chi connectivity index (χ3n) is 1.21. The fraction of sp³-hybridized carbons (Fsp3) is 0.125. The van der Waals surface area contributed by atoms with E-state index in [1.165, 1.54) is 12.3 Å². The van der Waals surface area contributed by atoms with Crippen LogP contribution in [0.2, 0.25) is 0 Å². The first kappa shape index (κ1) is 8.37. The second-order valence-corrected chi connectivity index (χ2v) is 2.09. The quantitative estimate of drug-likeness (QED) is 0.460. The normalized spacial score (nSPS) is 8.75. The van der Waals surface area contributed by atoms with E-state index in [4.69, 9.17) is 15.9 Å². The van der Waals surface area contributed by atoms with E-state index in [9.17, 15) is 0 Å². The van der Waals surface area contributed by atoms with Crippen molar-refractivity contribution < 1.29 is 10.2 Å². The maximum Gasteiger partial charge on any atom is 0.165 e. The molecule has 0 fully saturated rings. The van der Waals surface area contributed by atoms with Crippen LogP contribution >= 0.6 is 0 Å². The SMILES string of the molecule is Nc1ncc(C#CCO)cc1O. The third-order valence-corrected chi connectivity index (χ3v) is 1.21. The van der Waals surface area contributed by atoms with Gasteiger partial charge in [0.1, 0.15) is 6.61 Å². The van der Waals surface area contributed by atoms with Gasteiger partial charge in [-0.05, 0) is 0 Å². The fourth-order valence-electron chi connectivity index (χ4n) is 0.674. The zero-order chi connectivity index (χ0) is 8.97. The summed E-state index contributed by atoms with van der Waals surface area (Å²) in [5.41, 5.74) is 5.78. The summed E-state index contributed by atoms with van der Waals surface area (Å²) in [5.74, 6) is 4.99. The molecular weight excluding hydrogens is 156 g/mol. The smallest absolute Gasteiger partial charge is 0.165 e. The van der Waals surface area contributed by atoms with Crippen LogP contribution in [0.3, 0.4) is 0 Å². The molecule has 62 valence electrons. The predicted molar refractivity (Wildman–Crippen MR) is 44.3 cm³/mol. The van der Waals surface area contributed by atoms with Gasteiger partial charge < -0.3 is 15.9 Å². The summed E-state index contributed by atoms with van der Waals surface area (Å²) in [6.45, 7) is -0.217. The summed E-state index contributed by atoms with van der Waals surface area (Å²) in [6.07, 6.45) is 1.43. The Bertz CT molecular complexity index is 339. The number of aliphatic hydroxyl groups excluding tert-OH is 1. The highest BCUT2D eigenvalue weighted by molar-refractivity contribution is 5.49. The highest BCUT2D eigenvalue weighted by atomic mass is 16.3. The largest absolute Gasteiger partial charge is 0.504 e. The third kappa shape index (κ3) is 1.87. The highest BCUT2D eigenvalue weighted by Gasteiger charge is 1.96. The first-order chi connectivity index (χ1) is 5.74. The molecule has 1 rings (SSSR count).